The predicted octanol–water partition coefficient (Wildman–Crippen LogP) is 2.40. The summed E-state index contributed by atoms with van der Waals surface area (Å²) in [7, 11) is 0. The Bertz CT molecular complexity index is 524. The van der Waals surface area contributed by atoms with Crippen molar-refractivity contribution in [3.63, 3.8) is 0 Å². The standard InChI is InChI=1S/C13H18N4S/c14-6-1-3-10-4-2-7-17(10)12-11-5-8-18-13(11)16-9-15-12/h5,8-10H,1-4,6-7,14H2. The molecule has 1 aliphatic heterocycles. The van der Waals surface area contributed by atoms with Gasteiger partial charge in [-0.15, -0.1) is 11.3 Å². The van der Waals surface area contributed by atoms with E-state index in [4.69, 9.17) is 5.73 Å². The summed E-state index contributed by atoms with van der Waals surface area (Å²) in [6.45, 7) is 1.89. The molecule has 0 bridgehead atoms. The van der Waals surface area contributed by atoms with Crippen LogP contribution in [0.2, 0.25) is 0 Å². The molecule has 1 fully saturated rings. The summed E-state index contributed by atoms with van der Waals surface area (Å²) >= 11 is 1.68. The minimum absolute atomic E-state index is 0.603. The average Bonchev–Trinajstić information content (AvgIpc) is 3.04. The third-order valence-corrected chi connectivity index (χ3v) is 4.45. The first kappa shape index (κ1) is 11.9. The van der Waals surface area contributed by atoms with Crippen LogP contribution in [0.15, 0.2) is 17.8 Å². The second-order valence-corrected chi connectivity index (χ2v) is 5.65. The molecule has 2 aromatic rings. The van der Waals surface area contributed by atoms with Crippen molar-refractivity contribution in [2.75, 3.05) is 18.0 Å². The number of fused-ring (bicyclic) bond motifs is 1. The van der Waals surface area contributed by atoms with Gasteiger partial charge < -0.3 is 10.6 Å². The largest absolute Gasteiger partial charge is 0.353 e. The number of hydrogen-bond acceptors (Lipinski definition) is 5. The van der Waals surface area contributed by atoms with Gasteiger partial charge in [0.1, 0.15) is 17.0 Å². The molecule has 0 spiro atoms. The van der Waals surface area contributed by atoms with Gasteiger partial charge in [-0.25, -0.2) is 9.97 Å². The molecule has 3 heterocycles. The van der Waals surface area contributed by atoms with E-state index in [2.05, 4.69) is 26.3 Å². The van der Waals surface area contributed by atoms with Crippen LogP contribution in [-0.4, -0.2) is 29.1 Å². The highest BCUT2D eigenvalue weighted by Gasteiger charge is 2.26. The van der Waals surface area contributed by atoms with Gasteiger partial charge in [-0.3, -0.25) is 0 Å². The molecule has 4 nitrogen and oxygen atoms in total. The molecule has 3 rings (SSSR count). The van der Waals surface area contributed by atoms with Crippen LogP contribution in [0.1, 0.15) is 25.7 Å². The summed E-state index contributed by atoms with van der Waals surface area (Å²) in [5.74, 6) is 1.11. The average molecular weight is 262 g/mol. The van der Waals surface area contributed by atoms with Crippen molar-refractivity contribution in [2.45, 2.75) is 31.7 Å². The number of aromatic nitrogens is 2. The Morgan fingerprint density at radius 2 is 2.39 bits per heavy atom. The van der Waals surface area contributed by atoms with E-state index >= 15 is 0 Å². The van der Waals surface area contributed by atoms with Crippen molar-refractivity contribution in [3.05, 3.63) is 17.8 Å². The minimum atomic E-state index is 0.603. The first-order chi connectivity index (χ1) is 8.90. The molecule has 0 aliphatic carbocycles. The Hall–Kier alpha value is -1.20. The summed E-state index contributed by atoms with van der Waals surface area (Å²) in [5.41, 5.74) is 5.62. The van der Waals surface area contributed by atoms with Crippen molar-refractivity contribution in [2.24, 2.45) is 5.73 Å². The summed E-state index contributed by atoms with van der Waals surface area (Å²) in [6.07, 6.45) is 6.47. The Morgan fingerprint density at radius 1 is 1.44 bits per heavy atom. The predicted molar refractivity (Wildman–Crippen MR) is 76.1 cm³/mol. The number of rotatable bonds is 4. The summed E-state index contributed by atoms with van der Waals surface area (Å²) in [4.78, 5) is 12.4. The Balaban J connectivity index is 1.90. The second-order valence-electron chi connectivity index (χ2n) is 4.76. The van der Waals surface area contributed by atoms with Gasteiger partial charge >= 0.3 is 0 Å². The summed E-state index contributed by atoms with van der Waals surface area (Å²) < 4.78 is 0. The van der Waals surface area contributed by atoms with Crippen LogP contribution in [0.3, 0.4) is 0 Å². The Labute approximate surface area is 111 Å². The zero-order chi connectivity index (χ0) is 12.4. The van der Waals surface area contributed by atoms with Gasteiger partial charge in [0, 0.05) is 12.6 Å². The van der Waals surface area contributed by atoms with E-state index in [1.165, 1.54) is 24.6 Å². The van der Waals surface area contributed by atoms with Crippen molar-refractivity contribution < 1.29 is 0 Å². The van der Waals surface area contributed by atoms with E-state index < -0.39 is 0 Å². The van der Waals surface area contributed by atoms with Crippen LogP contribution in [0, 0.1) is 0 Å². The fourth-order valence-electron chi connectivity index (χ4n) is 2.77. The molecule has 0 aromatic carbocycles. The van der Waals surface area contributed by atoms with Gasteiger partial charge in [0.05, 0.1) is 5.39 Å². The zero-order valence-electron chi connectivity index (χ0n) is 10.4. The normalized spacial score (nSPS) is 19.8. The van der Waals surface area contributed by atoms with Crippen LogP contribution >= 0.6 is 11.3 Å². The lowest BCUT2D eigenvalue weighted by Crippen LogP contribution is -2.30. The fraction of sp³-hybridized carbons (Fsp3) is 0.538. The van der Waals surface area contributed by atoms with E-state index in [0.717, 1.165) is 30.2 Å². The van der Waals surface area contributed by atoms with Gasteiger partial charge in [0.15, 0.2) is 0 Å². The minimum Gasteiger partial charge on any atom is -0.353 e. The number of anilines is 1. The molecule has 0 radical (unpaired) electrons. The van der Waals surface area contributed by atoms with Crippen LogP contribution in [-0.2, 0) is 0 Å². The number of nitrogens with two attached hydrogens (primary N) is 1. The number of nitrogens with zero attached hydrogens (tertiary/aromatic N) is 3. The summed E-state index contributed by atoms with van der Waals surface area (Å²) in [6, 6.07) is 2.74. The van der Waals surface area contributed by atoms with Crippen LogP contribution in [0.5, 0.6) is 0 Å². The quantitative estimate of drug-likeness (QED) is 0.919. The fourth-order valence-corrected chi connectivity index (χ4v) is 3.50. The lowest BCUT2D eigenvalue weighted by Gasteiger charge is -2.26. The van der Waals surface area contributed by atoms with Gasteiger partial charge in [0.25, 0.3) is 0 Å². The maximum absolute atomic E-state index is 5.62. The third-order valence-electron chi connectivity index (χ3n) is 3.63. The first-order valence-corrected chi connectivity index (χ1v) is 7.43. The molecular weight excluding hydrogens is 244 g/mol. The maximum Gasteiger partial charge on any atom is 0.141 e. The topological polar surface area (TPSA) is 55.0 Å². The third kappa shape index (κ3) is 2.08. The van der Waals surface area contributed by atoms with Crippen LogP contribution in [0.25, 0.3) is 10.2 Å². The molecule has 0 saturated carbocycles. The van der Waals surface area contributed by atoms with E-state index in [1.807, 2.05) is 0 Å². The van der Waals surface area contributed by atoms with Gasteiger partial charge in [-0.05, 0) is 43.7 Å². The number of thiophene rings is 1. The highest BCUT2D eigenvalue weighted by molar-refractivity contribution is 7.16. The van der Waals surface area contributed by atoms with Crippen LogP contribution < -0.4 is 10.6 Å². The van der Waals surface area contributed by atoms with Gasteiger partial charge in [-0.1, -0.05) is 0 Å². The molecule has 2 aromatic heterocycles. The number of hydrogen-bond donors (Lipinski definition) is 1. The zero-order valence-corrected chi connectivity index (χ0v) is 11.2. The maximum atomic E-state index is 5.62. The van der Waals surface area contributed by atoms with E-state index in [-0.39, 0.29) is 0 Å². The molecule has 18 heavy (non-hydrogen) atoms. The smallest absolute Gasteiger partial charge is 0.141 e. The SMILES string of the molecule is NCCCC1CCCN1c1ncnc2sccc12. The van der Waals surface area contributed by atoms with Crippen molar-refractivity contribution >= 4 is 27.4 Å². The molecule has 0 amide bonds. The lowest BCUT2D eigenvalue weighted by molar-refractivity contribution is 0.583. The van der Waals surface area contributed by atoms with Crippen molar-refractivity contribution in [3.8, 4) is 0 Å². The Morgan fingerprint density at radius 3 is 3.28 bits per heavy atom. The highest BCUT2D eigenvalue weighted by atomic mass is 32.1. The molecule has 1 saturated heterocycles. The van der Waals surface area contributed by atoms with E-state index in [1.54, 1.807) is 17.7 Å². The lowest BCUT2D eigenvalue weighted by atomic mass is 10.1. The van der Waals surface area contributed by atoms with Crippen molar-refractivity contribution in [1.29, 1.82) is 0 Å². The van der Waals surface area contributed by atoms with Gasteiger partial charge in [-0.2, -0.15) is 0 Å². The van der Waals surface area contributed by atoms with Crippen molar-refractivity contribution in [1.82, 2.24) is 9.97 Å². The molecule has 2 N–H and O–H groups in total. The molecule has 5 heteroatoms. The monoisotopic (exact) mass is 262 g/mol. The highest BCUT2D eigenvalue weighted by Crippen LogP contribution is 2.32. The van der Waals surface area contributed by atoms with E-state index in [0.29, 0.717) is 6.04 Å². The molecule has 1 aliphatic rings. The van der Waals surface area contributed by atoms with E-state index in [9.17, 15) is 0 Å². The van der Waals surface area contributed by atoms with Gasteiger partial charge in [0.2, 0.25) is 0 Å². The van der Waals surface area contributed by atoms with Crippen LogP contribution in [0.4, 0.5) is 5.82 Å². The molecule has 96 valence electrons. The Kier molecular flexibility index (Phi) is 3.43. The molecule has 1 atom stereocenters. The molecule has 1 unspecified atom stereocenters. The molecular formula is C13H18N4S. The second kappa shape index (κ2) is 5.20. The first-order valence-electron chi connectivity index (χ1n) is 6.55. The summed E-state index contributed by atoms with van der Waals surface area (Å²) in [5, 5.41) is 3.29.